The largest absolute Gasteiger partial charge is 0.373 e. The summed E-state index contributed by atoms with van der Waals surface area (Å²) in [7, 11) is 0. The van der Waals surface area contributed by atoms with E-state index in [4.69, 9.17) is 4.74 Å². The van der Waals surface area contributed by atoms with Crippen LogP contribution in [0, 0.1) is 35.0 Å². The zero-order valence-corrected chi connectivity index (χ0v) is 7.10. The molecule has 12 heavy (non-hydrogen) atoms. The van der Waals surface area contributed by atoms with Gasteiger partial charge in [0.05, 0.1) is 12.2 Å². The van der Waals surface area contributed by atoms with Gasteiger partial charge in [0.25, 0.3) is 0 Å². The number of hydrogen-bond acceptors (Lipinski definition) is 1. The summed E-state index contributed by atoms with van der Waals surface area (Å²) in [6, 6.07) is 0. The lowest BCUT2D eigenvalue weighted by Crippen LogP contribution is -2.41. The molecule has 1 aliphatic heterocycles. The van der Waals surface area contributed by atoms with Gasteiger partial charge < -0.3 is 4.74 Å². The van der Waals surface area contributed by atoms with Crippen LogP contribution < -0.4 is 0 Å². The summed E-state index contributed by atoms with van der Waals surface area (Å²) >= 11 is 0. The molecule has 0 amide bonds. The van der Waals surface area contributed by atoms with Gasteiger partial charge in [-0.05, 0) is 17.3 Å². The monoisotopic (exact) mass is 160 g/mol. The summed E-state index contributed by atoms with van der Waals surface area (Å²) in [5.41, 5.74) is 0.733. The highest BCUT2D eigenvalue weighted by atomic mass is 16.5. The van der Waals surface area contributed by atoms with Crippen LogP contribution in [0.25, 0.3) is 0 Å². The van der Waals surface area contributed by atoms with Gasteiger partial charge in [-0.1, -0.05) is 19.1 Å². The Kier molecular flexibility index (Phi) is 0.517. The van der Waals surface area contributed by atoms with Crippen LogP contribution in [0.5, 0.6) is 0 Å². The van der Waals surface area contributed by atoms with E-state index in [1.165, 1.54) is 0 Å². The fraction of sp³-hybridized carbons (Fsp3) is 0.818. The normalized spacial score (nSPS) is 83.9. The zero-order chi connectivity index (χ0) is 7.66. The highest BCUT2D eigenvalue weighted by Gasteiger charge is 2.88. The van der Waals surface area contributed by atoms with Gasteiger partial charge in [-0.3, -0.25) is 0 Å². The SMILES string of the molecule is CC12C3C4C=CC5C4OC3C1C52. The lowest BCUT2D eigenvalue weighted by Gasteiger charge is -2.38. The minimum absolute atomic E-state index is 0.622. The van der Waals surface area contributed by atoms with Crippen molar-refractivity contribution in [1.29, 1.82) is 0 Å². The molecule has 4 aliphatic carbocycles. The van der Waals surface area contributed by atoms with Gasteiger partial charge in [0.1, 0.15) is 0 Å². The average Bonchev–Trinajstić information content (AvgIpc) is 2.35. The van der Waals surface area contributed by atoms with Gasteiger partial charge >= 0.3 is 0 Å². The van der Waals surface area contributed by atoms with E-state index in [1.54, 1.807) is 0 Å². The van der Waals surface area contributed by atoms with E-state index in [1.807, 2.05) is 0 Å². The van der Waals surface area contributed by atoms with E-state index in [-0.39, 0.29) is 0 Å². The Bertz CT molecular complexity index is 326. The third kappa shape index (κ3) is 0.264. The van der Waals surface area contributed by atoms with Crippen LogP contribution in [0.15, 0.2) is 12.2 Å². The van der Waals surface area contributed by atoms with Crippen LogP contribution in [0.2, 0.25) is 0 Å². The molecule has 1 saturated heterocycles. The number of hydrogen-bond donors (Lipinski definition) is 0. The first-order valence-electron chi connectivity index (χ1n) is 5.17. The molecule has 0 spiro atoms. The summed E-state index contributed by atoms with van der Waals surface area (Å²) in [4.78, 5) is 0. The van der Waals surface area contributed by atoms with Crippen LogP contribution in [0.4, 0.5) is 0 Å². The Labute approximate surface area is 71.8 Å². The second-order valence-electron chi connectivity index (χ2n) is 5.55. The Morgan fingerprint density at radius 1 is 1.00 bits per heavy atom. The number of rotatable bonds is 0. The lowest BCUT2D eigenvalue weighted by molar-refractivity contribution is -0.0547. The molecular formula is C11H12O. The van der Waals surface area contributed by atoms with E-state index in [2.05, 4.69) is 19.1 Å². The predicted molar refractivity (Wildman–Crippen MR) is 43.4 cm³/mol. The van der Waals surface area contributed by atoms with Crippen molar-refractivity contribution in [3.05, 3.63) is 12.2 Å². The lowest BCUT2D eigenvalue weighted by atomic mass is 9.64. The molecule has 3 saturated carbocycles. The molecule has 0 radical (unpaired) electrons. The molecule has 1 nitrogen and oxygen atoms in total. The highest BCUT2D eigenvalue weighted by Crippen LogP contribution is 2.87. The smallest absolute Gasteiger partial charge is 0.0711 e. The molecule has 0 aromatic rings. The Morgan fingerprint density at radius 3 is 2.58 bits per heavy atom. The first-order chi connectivity index (χ1) is 5.83. The summed E-state index contributed by atoms with van der Waals surface area (Å²) in [5.74, 6) is 4.56. The van der Waals surface area contributed by atoms with E-state index >= 15 is 0 Å². The number of fused-ring (bicyclic) bond motifs is 3. The average molecular weight is 160 g/mol. The van der Waals surface area contributed by atoms with E-state index in [0.29, 0.717) is 12.2 Å². The van der Waals surface area contributed by atoms with Crippen LogP contribution in [-0.4, -0.2) is 12.2 Å². The Balaban J connectivity index is 1.86. The van der Waals surface area contributed by atoms with E-state index in [0.717, 1.165) is 35.0 Å². The van der Waals surface area contributed by atoms with Gasteiger partial charge in [0.2, 0.25) is 0 Å². The van der Waals surface area contributed by atoms with Crippen molar-refractivity contribution in [2.45, 2.75) is 19.1 Å². The molecule has 0 aromatic heterocycles. The molecule has 5 aliphatic rings. The Hall–Kier alpha value is -0.300. The second-order valence-corrected chi connectivity index (χ2v) is 5.55. The molecular weight excluding hydrogens is 148 g/mol. The van der Waals surface area contributed by atoms with Crippen LogP contribution in [-0.2, 0) is 4.74 Å². The van der Waals surface area contributed by atoms with Crippen LogP contribution >= 0.6 is 0 Å². The maximum atomic E-state index is 6.07. The van der Waals surface area contributed by atoms with Crippen LogP contribution in [0.1, 0.15) is 6.92 Å². The van der Waals surface area contributed by atoms with Gasteiger partial charge in [0, 0.05) is 17.8 Å². The maximum Gasteiger partial charge on any atom is 0.0711 e. The zero-order valence-electron chi connectivity index (χ0n) is 7.10. The van der Waals surface area contributed by atoms with Gasteiger partial charge in [-0.25, -0.2) is 0 Å². The van der Waals surface area contributed by atoms with Crippen molar-refractivity contribution >= 4 is 0 Å². The minimum Gasteiger partial charge on any atom is -0.373 e. The van der Waals surface area contributed by atoms with E-state index in [9.17, 15) is 0 Å². The molecule has 8 atom stereocenters. The third-order valence-electron chi connectivity index (χ3n) is 5.60. The molecule has 0 N–H and O–H groups in total. The second kappa shape index (κ2) is 1.14. The first-order valence-corrected chi connectivity index (χ1v) is 5.17. The molecule has 1 heteroatoms. The molecule has 62 valence electrons. The van der Waals surface area contributed by atoms with E-state index < -0.39 is 0 Å². The highest BCUT2D eigenvalue weighted by molar-refractivity contribution is 5.41. The topological polar surface area (TPSA) is 9.23 Å². The van der Waals surface area contributed by atoms with Gasteiger partial charge in [-0.2, -0.15) is 0 Å². The quantitative estimate of drug-likeness (QED) is 0.487. The van der Waals surface area contributed by atoms with Crippen molar-refractivity contribution < 1.29 is 4.74 Å². The fourth-order valence-corrected chi connectivity index (χ4v) is 5.26. The summed E-state index contributed by atoms with van der Waals surface area (Å²) in [5, 5.41) is 0. The van der Waals surface area contributed by atoms with Crippen molar-refractivity contribution in [3.63, 3.8) is 0 Å². The summed E-state index contributed by atoms with van der Waals surface area (Å²) in [6.45, 7) is 2.50. The molecule has 4 bridgehead atoms. The van der Waals surface area contributed by atoms with Gasteiger partial charge in [-0.15, -0.1) is 0 Å². The van der Waals surface area contributed by atoms with Crippen molar-refractivity contribution in [1.82, 2.24) is 0 Å². The predicted octanol–water partition coefficient (Wildman–Crippen LogP) is 1.45. The standard InChI is InChI=1S/C11H12O/c1-11-6-4-2-3-5-7(11)10(8(6)11)12-9(4)5/h2-10H,1H3. The van der Waals surface area contributed by atoms with Crippen molar-refractivity contribution in [3.8, 4) is 0 Å². The molecule has 0 aromatic carbocycles. The molecule has 1 heterocycles. The summed E-state index contributed by atoms with van der Waals surface area (Å²) in [6.07, 6.45) is 6.22. The minimum atomic E-state index is 0.622. The number of ether oxygens (including phenoxy) is 1. The van der Waals surface area contributed by atoms with Crippen molar-refractivity contribution in [2.75, 3.05) is 0 Å². The molecule has 8 unspecified atom stereocenters. The Morgan fingerprint density at radius 2 is 1.75 bits per heavy atom. The van der Waals surface area contributed by atoms with Gasteiger partial charge in [0.15, 0.2) is 0 Å². The third-order valence-corrected chi connectivity index (χ3v) is 5.60. The summed E-state index contributed by atoms with van der Waals surface area (Å²) < 4.78 is 6.07. The maximum absolute atomic E-state index is 6.07. The molecule has 5 rings (SSSR count). The van der Waals surface area contributed by atoms with Crippen LogP contribution in [0.3, 0.4) is 0 Å². The van der Waals surface area contributed by atoms with Crippen molar-refractivity contribution in [2.24, 2.45) is 35.0 Å². The fourth-order valence-electron chi connectivity index (χ4n) is 5.26. The molecule has 4 fully saturated rings. The first kappa shape index (κ1) is 5.43.